The van der Waals surface area contributed by atoms with Crippen LogP contribution in [0.5, 0.6) is 0 Å². The average molecular weight is 242 g/mol. The Morgan fingerprint density at radius 3 is 1.71 bits per heavy atom. The van der Waals surface area contributed by atoms with Crippen LogP contribution in [0.15, 0.2) is 0 Å². The van der Waals surface area contributed by atoms with Gasteiger partial charge in [-0.25, -0.2) is 0 Å². The molecule has 0 amide bonds. The Labute approximate surface area is 50.7 Å². The standard InChI is InChI=1S/C2H3F3Se2/c1-6-7-2(3,4)5/h1H3. The van der Waals surface area contributed by atoms with Gasteiger partial charge >= 0.3 is 50.3 Å². The van der Waals surface area contributed by atoms with Crippen LogP contribution in [0, 0.1) is 0 Å². The summed E-state index contributed by atoms with van der Waals surface area (Å²) in [6, 6.07) is 0. The number of rotatable bonds is 1. The molecule has 0 fully saturated rings. The third-order valence-electron chi connectivity index (χ3n) is 0.178. The maximum atomic E-state index is 11.1. The summed E-state index contributed by atoms with van der Waals surface area (Å²) in [6.45, 7) is 0. The van der Waals surface area contributed by atoms with Crippen molar-refractivity contribution in [3.63, 3.8) is 0 Å². The average Bonchev–Trinajstić information content (AvgIpc) is 1.30. The van der Waals surface area contributed by atoms with Crippen molar-refractivity contribution in [2.24, 2.45) is 0 Å². The zero-order valence-corrected chi connectivity index (χ0v) is 6.88. The summed E-state index contributed by atoms with van der Waals surface area (Å²) in [5, 5.41) is -3.86. The van der Waals surface area contributed by atoms with Crippen LogP contribution in [0.2, 0.25) is 5.82 Å². The van der Waals surface area contributed by atoms with E-state index in [1.54, 1.807) is 5.82 Å². The van der Waals surface area contributed by atoms with E-state index in [9.17, 15) is 13.2 Å². The van der Waals surface area contributed by atoms with Gasteiger partial charge in [-0.1, -0.05) is 0 Å². The van der Waals surface area contributed by atoms with Gasteiger partial charge in [0.2, 0.25) is 0 Å². The van der Waals surface area contributed by atoms with Crippen molar-refractivity contribution in [3.05, 3.63) is 0 Å². The Hall–Kier alpha value is 0.829. The fourth-order valence-corrected chi connectivity index (χ4v) is 2.55. The van der Waals surface area contributed by atoms with E-state index in [1.807, 2.05) is 0 Å². The van der Waals surface area contributed by atoms with Gasteiger partial charge in [0.05, 0.1) is 0 Å². The van der Waals surface area contributed by atoms with Crippen LogP contribution < -0.4 is 0 Å². The van der Waals surface area contributed by atoms with E-state index in [0.717, 1.165) is 0 Å². The first kappa shape index (κ1) is 7.83. The summed E-state index contributed by atoms with van der Waals surface area (Å²) in [5.74, 6) is 1.60. The summed E-state index contributed by atoms with van der Waals surface area (Å²) in [6.07, 6.45) is 0. The molecule has 0 aliphatic heterocycles. The SMILES string of the molecule is C[Se][Se]C(F)(F)F. The first-order chi connectivity index (χ1) is 3.06. The molecule has 0 saturated carbocycles. The third-order valence-corrected chi connectivity index (χ3v) is 4.80. The van der Waals surface area contributed by atoms with Gasteiger partial charge in [0.25, 0.3) is 0 Å². The summed E-state index contributed by atoms with van der Waals surface area (Å²) >= 11 is -1.29. The van der Waals surface area contributed by atoms with Crippen LogP contribution in [0.1, 0.15) is 0 Å². The number of alkyl halides is 3. The van der Waals surface area contributed by atoms with Crippen molar-refractivity contribution in [1.82, 2.24) is 0 Å². The quantitative estimate of drug-likeness (QED) is 0.598. The Balaban J connectivity index is 3.15. The van der Waals surface area contributed by atoms with Gasteiger partial charge < -0.3 is 0 Å². The first-order valence-corrected chi connectivity index (χ1v) is 8.25. The second-order valence-corrected chi connectivity index (χ2v) is 8.17. The molecule has 7 heavy (non-hydrogen) atoms. The molecule has 0 N–H and O–H groups in total. The molecular formula is C2H3F3Se2. The summed E-state index contributed by atoms with van der Waals surface area (Å²) in [5.41, 5.74) is 0. The predicted octanol–water partition coefficient (Wildman–Crippen LogP) is 0.878. The fraction of sp³-hybridized carbons (Fsp3) is 1.00. The van der Waals surface area contributed by atoms with E-state index in [4.69, 9.17) is 0 Å². The third kappa shape index (κ3) is 6.83. The van der Waals surface area contributed by atoms with E-state index < -0.39 is 18.2 Å². The van der Waals surface area contributed by atoms with Crippen LogP contribution in [-0.2, 0) is 0 Å². The Morgan fingerprint density at radius 1 is 1.29 bits per heavy atom. The van der Waals surface area contributed by atoms with E-state index in [2.05, 4.69) is 0 Å². The molecule has 0 aromatic rings. The number of hydrogen-bond donors (Lipinski definition) is 0. The molecule has 0 radical (unpaired) electrons. The molecule has 0 unspecified atom stereocenters. The van der Waals surface area contributed by atoms with Gasteiger partial charge in [-0.05, 0) is 0 Å². The minimum atomic E-state index is -3.86. The molecule has 44 valence electrons. The van der Waals surface area contributed by atoms with Gasteiger partial charge in [-0.15, -0.1) is 0 Å². The molecule has 0 rings (SSSR count). The van der Waals surface area contributed by atoms with Crippen molar-refractivity contribution in [3.8, 4) is 0 Å². The molecule has 0 spiro atoms. The van der Waals surface area contributed by atoms with Gasteiger partial charge in [-0.2, -0.15) is 0 Å². The molecule has 5 heteroatoms. The molecule has 0 aliphatic rings. The zero-order valence-electron chi connectivity index (χ0n) is 3.45. The van der Waals surface area contributed by atoms with Crippen LogP contribution >= 0.6 is 0 Å². The molecule has 0 nitrogen and oxygen atoms in total. The normalized spacial score (nSPS) is 12.0. The molecule has 0 aromatic carbocycles. The second-order valence-electron chi connectivity index (χ2n) is 0.696. The summed E-state index contributed by atoms with van der Waals surface area (Å²) in [4.78, 5) is 0. The minimum absolute atomic E-state index is 0.203. The first-order valence-electron chi connectivity index (χ1n) is 1.35. The van der Waals surface area contributed by atoms with E-state index in [1.165, 1.54) is 0 Å². The maximum absolute atomic E-state index is 11.1. The molecule has 0 bridgehead atoms. The molecule has 0 aromatic heterocycles. The molecule has 0 saturated heterocycles. The van der Waals surface area contributed by atoms with Crippen molar-refractivity contribution in [1.29, 1.82) is 0 Å². The van der Waals surface area contributed by atoms with Crippen LogP contribution in [-0.4, -0.2) is 31.3 Å². The summed E-state index contributed by atoms with van der Waals surface area (Å²) < 4.78 is 33.3. The van der Waals surface area contributed by atoms with Crippen molar-refractivity contribution in [2.75, 3.05) is 0 Å². The number of halogens is 3. The monoisotopic (exact) mass is 244 g/mol. The molecular weight excluding hydrogens is 239 g/mol. The van der Waals surface area contributed by atoms with Gasteiger partial charge in [0, 0.05) is 0 Å². The van der Waals surface area contributed by atoms with Crippen LogP contribution in [0.4, 0.5) is 13.2 Å². The zero-order chi connectivity index (χ0) is 5.91. The van der Waals surface area contributed by atoms with Crippen molar-refractivity contribution < 1.29 is 13.2 Å². The Kier molecular flexibility index (Phi) is 3.33. The van der Waals surface area contributed by atoms with E-state index in [-0.39, 0.29) is 13.1 Å². The van der Waals surface area contributed by atoms with Gasteiger partial charge in [0.1, 0.15) is 0 Å². The second kappa shape index (κ2) is 2.98. The van der Waals surface area contributed by atoms with Gasteiger partial charge in [-0.3, -0.25) is 0 Å². The Morgan fingerprint density at radius 2 is 1.71 bits per heavy atom. The Bertz CT molecular complexity index is 49.4. The van der Waals surface area contributed by atoms with E-state index >= 15 is 0 Å². The van der Waals surface area contributed by atoms with Crippen molar-refractivity contribution in [2.45, 2.75) is 10.9 Å². The van der Waals surface area contributed by atoms with Crippen LogP contribution in [0.3, 0.4) is 0 Å². The summed E-state index contributed by atoms with van der Waals surface area (Å²) in [7, 11) is 0. The molecule has 0 aliphatic carbocycles. The van der Waals surface area contributed by atoms with Crippen LogP contribution in [0.25, 0.3) is 0 Å². The fourth-order valence-electron chi connectivity index (χ4n) is 0.0945. The van der Waals surface area contributed by atoms with E-state index in [0.29, 0.717) is 0 Å². The van der Waals surface area contributed by atoms with Gasteiger partial charge in [0.15, 0.2) is 0 Å². The number of hydrogen-bond acceptors (Lipinski definition) is 0. The molecule has 0 atom stereocenters. The van der Waals surface area contributed by atoms with Crippen molar-refractivity contribution >= 4 is 26.3 Å². The molecule has 0 heterocycles. The topological polar surface area (TPSA) is 0 Å². The predicted molar refractivity (Wildman–Crippen MR) is 23.4 cm³/mol.